The molecule has 0 aromatic heterocycles. The van der Waals surface area contributed by atoms with Gasteiger partial charge in [-0.1, -0.05) is 19.3 Å². The topological polar surface area (TPSA) is 24.5 Å². The standard InChI is InChI=1S/C14H28N2O/c1-12(13-6-4-3-5-7-13)16-8-9-17-14(11-16)10-15-2/h12-15H,3-11H2,1-2H3. The minimum Gasteiger partial charge on any atom is -0.374 e. The van der Waals surface area contributed by atoms with Crippen LogP contribution in [0.1, 0.15) is 39.0 Å². The molecule has 2 fully saturated rings. The molecule has 1 saturated carbocycles. The zero-order valence-electron chi connectivity index (χ0n) is 11.5. The monoisotopic (exact) mass is 240 g/mol. The summed E-state index contributed by atoms with van der Waals surface area (Å²) in [5.74, 6) is 0.928. The predicted octanol–water partition coefficient (Wildman–Crippen LogP) is 1.88. The van der Waals surface area contributed by atoms with Gasteiger partial charge in [0.25, 0.3) is 0 Å². The fourth-order valence-electron chi connectivity index (χ4n) is 3.38. The summed E-state index contributed by atoms with van der Waals surface area (Å²) < 4.78 is 5.78. The molecule has 1 aliphatic heterocycles. The van der Waals surface area contributed by atoms with Gasteiger partial charge in [-0.2, -0.15) is 0 Å². The van der Waals surface area contributed by atoms with Crippen LogP contribution >= 0.6 is 0 Å². The van der Waals surface area contributed by atoms with Gasteiger partial charge >= 0.3 is 0 Å². The van der Waals surface area contributed by atoms with Gasteiger partial charge in [0.05, 0.1) is 12.7 Å². The molecule has 17 heavy (non-hydrogen) atoms. The Morgan fingerprint density at radius 3 is 2.76 bits per heavy atom. The maximum atomic E-state index is 5.78. The molecule has 2 rings (SSSR count). The van der Waals surface area contributed by atoms with E-state index in [0.29, 0.717) is 6.10 Å². The predicted molar refractivity (Wildman–Crippen MR) is 71.3 cm³/mol. The summed E-state index contributed by atoms with van der Waals surface area (Å²) >= 11 is 0. The summed E-state index contributed by atoms with van der Waals surface area (Å²) in [5.41, 5.74) is 0. The second-order valence-electron chi connectivity index (χ2n) is 5.68. The smallest absolute Gasteiger partial charge is 0.0826 e. The van der Waals surface area contributed by atoms with Crippen LogP contribution in [-0.2, 0) is 4.74 Å². The molecule has 0 amide bonds. The van der Waals surface area contributed by atoms with Crippen LogP contribution in [0.25, 0.3) is 0 Å². The van der Waals surface area contributed by atoms with Crippen LogP contribution in [0.15, 0.2) is 0 Å². The molecular formula is C14H28N2O. The van der Waals surface area contributed by atoms with Crippen LogP contribution in [0.3, 0.4) is 0 Å². The summed E-state index contributed by atoms with van der Waals surface area (Å²) in [6, 6.07) is 0.749. The maximum absolute atomic E-state index is 5.78. The summed E-state index contributed by atoms with van der Waals surface area (Å²) in [5, 5.41) is 3.22. The Hall–Kier alpha value is -0.120. The van der Waals surface area contributed by atoms with Gasteiger partial charge in [0.1, 0.15) is 0 Å². The fourth-order valence-corrected chi connectivity index (χ4v) is 3.38. The minimum absolute atomic E-state index is 0.389. The van der Waals surface area contributed by atoms with Gasteiger partial charge in [0.15, 0.2) is 0 Å². The summed E-state index contributed by atoms with van der Waals surface area (Å²) in [6.45, 7) is 6.55. The van der Waals surface area contributed by atoms with E-state index in [1.807, 2.05) is 7.05 Å². The van der Waals surface area contributed by atoms with Crippen molar-refractivity contribution in [3.8, 4) is 0 Å². The number of ether oxygens (including phenoxy) is 1. The molecule has 2 aliphatic rings. The highest BCUT2D eigenvalue weighted by Gasteiger charge is 2.29. The molecule has 3 heteroatoms. The molecule has 0 aromatic carbocycles. The zero-order chi connectivity index (χ0) is 12.1. The third-order valence-corrected chi connectivity index (χ3v) is 4.51. The highest BCUT2D eigenvalue weighted by molar-refractivity contribution is 4.82. The Balaban J connectivity index is 1.82. The lowest BCUT2D eigenvalue weighted by Gasteiger charge is -2.41. The quantitative estimate of drug-likeness (QED) is 0.812. The first-order chi connectivity index (χ1) is 8.31. The van der Waals surface area contributed by atoms with Gasteiger partial charge in [-0.25, -0.2) is 0 Å². The summed E-state index contributed by atoms with van der Waals surface area (Å²) in [7, 11) is 2.01. The second-order valence-corrected chi connectivity index (χ2v) is 5.68. The lowest BCUT2D eigenvalue weighted by Crippen LogP contribution is -2.51. The highest BCUT2D eigenvalue weighted by Crippen LogP contribution is 2.29. The van der Waals surface area contributed by atoms with Crippen LogP contribution in [0.5, 0.6) is 0 Å². The van der Waals surface area contributed by atoms with Crippen molar-refractivity contribution in [1.29, 1.82) is 0 Å². The molecule has 2 atom stereocenters. The first kappa shape index (κ1) is 13.3. The molecule has 0 spiro atoms. The average molecular weight is 240 g/mol. The van der Waals surface area contributed by atoms with E-state index in [1.54, 1.807) is 0 Å². The molecule has 1 saturated heterocycles. The van der Waals surface area contributed by atoms with Gasteiger partial charge in [-0.05, 0) is 32.7 Å². The van der Waals surface area contributed by atoms with Crippen molar-refractivity contribution in [3.63, 3.8) is 0 Å². The van der Waals surface area contributed by atoms with Crippen LogP contribution in [0.4, 0.5) is 0 Å². The van der Waals surface area contributed by atoms with Gasteiger partial charge in [-0.3, -0.25) is 4.90 Å². The van der Waals surface area contributed by atoms with Crippen molar-refractivity contribution in [2.24, 2.45) is 5.92 Å². The normalized spacial score (nSPS) is 30.4. The van der Waals surface area contributed by atoms with E-state index in [1.165, 1.54) is 32.1 Å². The number of nitrogens with zero attached hydrogens (tertiary/aromatic N) is 1. The van der Waals surface area contributed by atoms with Crippen molar-refractivity contribution in [3.05, 3.63) is 0 Å². The lowest BCUT2D eigenvalue weighted by molar-refractivity contribution is -0.0493. The SMILES string of the molecule is CNCC1CN(C(C)C2CCCCC2)CCO1. The van der Waals surface area contributed by atoms with E-state index >= 15 is 0 Å². The van der Waals surface area contributed by atoms with Crippen molar-refractivity contribution in [2.75, 3.05) is 33.3 Å². The number of hydrogen-bond acceptors (Lipinski definition) is 3. The Bertz CT molecular complexity index is 214. The first-order valence-corrected chi connectivity index (χ1v) is 7.31. The summed E-state index contributed by atoms with van der Waals surface area (Å²) in [4.78, 5) is 2.65. The molecule has 1 N–H and O–H groups in total. The fraction of sp³-hybridized carbons (Fsp3) is 1.00. The number of morpholine rings is 1. The molecule has 0 radical (unpaired) electrons. The van der Waals surface area contributed by atoms with Gasteiger partial charge < -0.3 is 10.1 Å². The molecule has 2 unspecified atom stereocenters. The van der Waals surface area contributed by atoms with Crippen LogP contribution in [-0.4, -0.2) is 50.3 Å². The van der Waals surface area contributed by atoms with E-state index in [4.69, 9.17) is 4.74 Å². The third-order valence-electron chi connectivity index (χ3n) is 4.51. The molecule has 0 aromatic rings. The second kappa shape index (κ2) is 6.72. The molecular weight excluding hydrogens is 212 g/mol. The molecule has 100 valence electrons. The van der Waals surface area contributed by atoms with E-state index in [-0.39, 0.29) is 0 Å². The van der Waals surface area contributed by atoms with Crippen LogP contribution in [0, 0.1) is 5.92 Å². The van der Waals surface area contributed by atoms with Crippen LogP contribution in [0.2, 0.25) is 0 Å². The van der Waals surface area contributed by atoms with Gasteiger partial charge in [-0.15, -0.1) is 0 Å². The van der Waals surface area contributed by atoms with Crippen molar-refractivity contribution >= 4 is 0 Å². The molecule has 3 nitrogen and oxygen atoms in total. The Morgan fingerprint density at radius 1 is 1.29 bits per heavy atom. The van der Waals surface area contributed by atoms with Crippen LogP contribution < -0.4 is 5.32 Å². The van der Waals surface area contributed by atoms with E-state index in [9.17, 15) is 0 Å². The number of nitrogens with one attached hydrogen (secondary N) is 1. The number of hydrogen-bond donors (Lipinski definition) is 1. The van der Waals surface area contributed by atoms with Gasteiger partial charge in [0.2, 0.25) is 0 Å². The first-order valence-electron chi connectivity index (χ1n) is 7.31. The van der Waals surface area contributed by atoms with E-state index in [0.717, 1.165) is 38.2 Å². The van der Waals surface area contributed by atoms with Gasteiger partial charge in [0, 0.05) is 25.7 Å². The largest absolute Gasteiger partial charge is 0.374 e. The Morgan fingerprint density at radius 2 is 2.06 bits per heavy atom. The third kappa shape index (κ3) is 3.67. The Labute approximate surface area is 106 Å². The maximum Gasteiger partial charge on any atom is 0.0826 e. The zero-order valence-corrected chi connectivity index (χ0v) is 11.5. The minimum atomic E-state index is 0.389. The average Bonchev–Trinajstić information content (AvgIpc) is 2.40. The number of likely N-dealkylation sites (N-methyl/N-ethyl adjacent to an activating group) is 1. The number of rotatable bonds is 4. The highest BCUT2D eigenvalue weighted by atomic mass is 16.5. The Kier molecular flexibility index (Phi) is 5.26. The van der Waals surface area contributed by atoms with E-state index < -0.39 is 0 Å². The van der Waals surface area contributed by atoms with E-state index in [2.05, 4.69) is 17.1 Å². The molecule has 1 aliphatic carbocycles. The summed E-state index contributed by atoms with van der Waals surface area (Å²) in [6.07, 6.45) is 7.61. The van der Waals surface area contributed by atoms with Crippen molar-refractivity contribution in [1.82, 2.24) is 10.2 Å². The van der Waals surface area contributed by atoms with Crippen molar-refractivity contribution < 1.29 is 4.74 Å². The molecule has 0 bridgehead atoms. The molecule has 1 heterocycles. The lowest BCUT2D eigenvalue weighted by atomic mass is 9.84. The van der Waals surface area contributed by atoms with Crippen molar-refractivity contribution in [2.45, 2.75) is 51.2 Å².